The molecule has 192 valence electrons. The van der Waals surface area contributed by atoms with Crippen LogP contribution in [-0.2, 0) is 21.4 Å². The summed E-state index contributed by atoms with van der Waals surface area (Å²) in [7, 11) is 1.84. The van der Waals surface area contributed by atoms with E-state index in [0.29, 0.717) is 33.6 Å². The zero-order chi connectivity index (χ0) is 26.3. The number of hydrogen-bond donors (Lipinski definition) is 1. The standard InChI is InChI=1S/C25H27ClN2O7S/c1-32-20-9-11-21(12-10-20)36(30,31)28(19-7-5-6-18(26)14-19)16-23(29)27-15-17-8-13-22(33-2)25(35-4)24(17)34-3/h5-14H,15-16H2,1-4H3,(H,27,29). The van der Waals surface area contributed by atoms with Crippen LogP contribution in [0.1, 0.15) is 5.56 Å². The Labute approximate surface area is 215 Å². The van der Waals surface area contributed by atoms with E-state index in [-0.39, 0.29) is 17.1 Å². The summed E-state index contributed by atoms with van der Waals surface area (Å²) in [6.07, 6.45) is 0. The van der Waals surface area contributed by atoms with Crippen LogP contribution in [0.3, 0.4) is 0 Å². The number of methoxy groups -OCH3 is 4. The minimum Gasteiger partial charge on any atom is -0.497 e. The highest BCUT2D eigenvalue weighted by atomic mass is 35.5. The normalized spacial score (nSPS) is 10.9. The van der Waals surface area contributed by atoms with Crippen molar-refractivity contribution in [2.75, 3.05) is 39.3 Å². The van der Waals surface area contributed by atoms with E-state index in [1.165, 1.54) is 58.8 Å². The highest BCUT2D eigenvalue weighted by Gasteiger charge is 2.28. The van der Waals surface area contributed by atoms with Crippen LogP contribution < -0.4 is 28.6 Å². The van der Waals surface area contributed by atoms with Crippen molar-refractivity contribution in [1.82, 2.24) is 5.32 Å². The van der Waals surface area contributed by atoms with Gasteiger partial charge in [0.15, 0.2) is 11.5 Å². The lowest BCUT2D eigenvalue weighted by Gasteiger charge is -2.24. The number of nitrogens with one attached hydrogen (secondary N) is 1. The Balaban J connectivity index is 1.88. The van der Waals surface area contributed by atoms with E-state index in [0.717, 1.165) is 4.31 Å². The average Bonchev–Trinajstić information content (AvgIpc) is 2.89. The van der Waals surface area contributed by atoms with Gasteiger partial charge in [-0.1, -0.05) is 17.7 Å². The number of carbonyl (C=O) groups excluding carboxylic acids is 1. The number of halogens is 1. The third-order valence-corrected chi connectivity index (χ3v) is 7.32. The molecule has 3 rings (SSSR count). The second kappa shape index (κ2) is 11.9. The molecule has 3 aromatic carbocycles. The van der Waals surface area contributed by atoms with Gasteiger partial charge >= 0.3 is 0 Å². The van der Waals surface area contributed by atoms with Gasteiger partial charge in [0.05, 0.1) is 39.0 Å². The van der Waals surface area contributed by atoms with Gasteiger partial charge in [-0.05, 0) is 54.6 Å². The van der Waals surface area contributed by atoms with Crippen molar-refractivity contribution in [3.05, 3.63) is 71.2 Å². The van der Waals surface area contributed by atoms with Crippen molar-refractivity contribution in [3.63, 3.8) is 0 Å². The molecule has 0 saturated heterocycles. The SMILES string of the molecule is COc1ccc(S(=O)(=O)N(CC(=O)NCc2ccc(OC)c(OC)c2OC)c2cccc(Cl)c2)cc1. The van der Waals surface area contributed by atoms with Gasteiger partial charge in [-0.2, -0.15) is 0 Å². The maximum atomic E-state index is 13.5. The molecule has 0 unspecified atom stereocenters. The highest BCUT2D eigenvalue weighted by Crippen LogP contribution is 2.39. The molecule has 36 heavy (non-hydrogen) atoms. The summed E-state index contributed by atoms with van der Waals surface area (Å²) in [5.74, 6) is 1.22. The van der Waals surface area contributed by atoms with Gasteiger partial charge in [0.2, 0.25) is 11.7 Å². The molecule has 0 aliphatic carbocycles. The summed E-state index contributed by atoms with van der Waals surface area (Å²) >= 11 is 6.11. The molecule has 0 spiro atoms. The van der Waals surface area contributed by atoms with Gasteiger partial charge in [0.25, 0.3) is 10.0 Å². The molecule has 0 aliphatic heterocycles. The van der Waals surface area contributed by atoms with Crippen LogP contribution in [-0.4, -0.2) is 49.3 Å². The van der Waals surface area contributed by atoms with Crippen molar-refractivity contribution in [1.29, 1.82) is 0 Å². The molecule has 11 heteroatoms. The zero-order valence-corrected chi connectivity index (χ0v) is 21.9. The van der Waals surface area contributed by atoms with E-state index in [2.05, 4.69) is 5.32 Å². The van der Waals surface area contributed by atoms with Crippen molar-refractivity contribution in [2.45, 2.75) is 11.4 Å². The summed E-state index contributed by atoms with van der Waals surface area (Å²) < 4.78 is 49.3. The Kier molecular flexibility index (Phi) is 8.89. The Morgan fingerprint density at radius 1 is 0.889 bits per heavy atom. The maximum absolute atomic E-state index is 13.5. The molecular weight excluding hydrogens is 508 g/mol. The lowest BCUT2D eigenvalue weighted by Crippen LogP contribution is -2.40. The molecule has 0 aliphatic rings. The molecule has 1 N–H and O–H groups in total. The van der Waals surface area contributed by atoms with Crippen LogP contribution >= 0.6 is 11.6 Å². The lowest BCUT2D eigenvalue weighted by molar-refractivity contribution is -0.119. The molecular formula is C25H27ClN2O7S. The number of benzene rings is 3. The zero-order valence-electron chi connectivity index (χ0n) is 20.3. The first-order chi connectivity index (χ1) is 17.2. The number of hydrogen-bond acceptors (Lipinski definition) is 7. The predicted molar refractivity (Wildman–Crippen MR) is 137 cm³/mol. The third-order valence-electron chi connectivity index (χ3n) is 5.29. The van der Waals surface area contributed by atoms with Gasteiger partial charge in [0.1, 0.15) is 12.3 Å². The monoisotopic (exact) mass is 534 g/mol. The van der Waals surface area contributed by atoms with Gasteiger partial charge in [-0.3, -0.25) is 9.10 Å². The smallest absolute Gasteiger partial charge is 0.264 e. The largest absolute Gasteiger partial charge is 0.497 e. The van der Waals surface area contributed by atoms with Crippen LogP contribution in [0.2, 0.25) is 5.02 Å². The number of amides is 1. The topological polar surface area (TPSA) is 103 Å². The lowest BCUT2D eigenvalue weighted by atomic mass is 10.1. The second-order valence-electron chi connectivity index (χ2n) is 7.44. The van der Waals surface area contributed by atoms with Crippen LogP contribution in [0.15, 0.2) is 65.6 Å². The summed E-state index contributed by atoms with van der Waals surface area (Å²) in [5, 5.41) is 3.08. The highest BCUT2D eigenvalue weighted by molar-refractivity contribution is 7.92. The second-order valence-corrected chi connectivity index (χ2v) is 9.74. The molecule has 0 heterocycles. The van der Waals surface area contributed by atoms with Crippen molar-refractivity contribution >= 4 is 33.2 Å². The van der Waals surface area contributed by atoms with Crippen LogP contribution in [0.5, 0.6) is 23.0 Å². The molecule has 0 radical (unpaired) electrons. The predicted octanol–water partition coefficient (Wildman–Crippen LogP) is 3.89. The van der Waals surface area contributed by atoms with Crippen LogP contribution in [0, 0.1) is 0 Å². The maximum Gasteiger partial charge on any atom is 0.264 e. The van der Waals surface area contributed by atoms with E-state index < -0.39 is 22.5 Å². The first kappa shape index (κ1) is 27.0. The molecule has 0 aromatic heterocycles. The van der Waals surface area contributed by atoms with Gasteiger partial charge in [0, 0.05) is 17.1 Å². The summed E-state index contributed by atoms with van der Waals surface area (Å²) in [6, 6.07) is 15.6. The number of rotatable bonds is 11. The third kappa shape index (κ3) is 5.95. The minimum atomic E-state index is -4.11. The van der Waals surface area contributed by atoms with Crippen molar-refractivity contribution < 1.29 is 32.2 Å². The molecule has 1 amide bonds. The fourth-order valence-electron chi connectivity index (χ4n) is 3.50. The molecule has 0 bridgehead atoms. The van der Waals surface area contributed by atoms with E-state index >= 15 is 0 Å². The van der Waals surface area contributed by atoms with Crippen molar-refractivity contribution in [2.24, 2.45) is 0 Å². The molecule has 0 saturated carbocycles. The Bertz CT molecular complexity index is 1310. The molecule has 9 nitrogen and oxygen atoms in total. The molecule has 0 fully saturated rings. The summed E-state index contributed by atoms with van der Waals surface area (Å²) in [6.45, 7) is -0.418. The number of sulfonamides is 1. The fraction of sp³-hybridized carbons (Fsp3) is 0.240. The number of carbonyl (C=O) groups is 1. The van der Waals surface area contributed by atoms with Gasteiger partial charge < -0.3 is 24.3 Å². The number of anilines is 1. The van der Waals surface area contributed by atoms with Crippen molar-refractivity contribution in [3.8, 4) is 23.0 Å². The quantitative estimate of drug-likeness (QED) is 0.398. The van der Waals surface area contributed by atoms with E-state index in [1.807, 2.05) is 0 Å². The first-order valence-corrected chi connectivity index (χ1v) is 12.5. The van der Waals surface area contributed by atoms with E-state index in [4.69, 9.17) is 30.5 Å². The Hall–Kier alpha value is -3.63. The molecule has 0 atom stereocenters. The Morgan fingerprint density at radius 3 is 2.17 bits per heavy atom. The summed E-state index contributed by atoms with van der Waals surface area (Å²) in [4.78, 5) is 13.0. The van der Waals surface area contributed by atoms with Crippen LogP contribution in [0.4, 0.5) is 5.69 Å². The minimum absolute atomic E-state index is 0.00219. The van der Waals surface area contributed by atoms with Gasteiger partial charge in [-0.25, -0.2) is 8.42 Å². The Morgan fingerprint density at radius 2 is 1.58 bits per heavy atom. The number of ether oxygens (including phenoxy) is 4. The van der Waals surface area contributed by atoms with E-state index in [9.17, 15) is 13.2 Å². The van der Waals surface area contributed by atoms with E-state index in [1.54, 1.807) is 30.3 Å². The summed E-state index contributed by atoms with van der Waals surface area (Å²) in [5.41, 5.74) is 0.869. The number of nitrogens with zero attached hydrogens (tertiary/aromatic N) is 1. The molecule has 3 aromatic rings. The van der Waals surface area contributed by atoms with Gasteiger partial charge in [-0.15, -0.1) is 0 Å². The van der Waals surface area contributed by atoms with Crippen LogP contribution in [0.25, 0.3) is 0 Å². The first-order valence-electron chi connectivity index (χ1n) is 10.7. The average molecular weight is 535 g/mol. The fourth-order valence-corrected chi connectivity index (χ4v) is 5.10.